The molecule has 196 valence electrons. The first-order valence-electron chi connectivity index (χ1n) is 11.3. The summed E-state index contributed by atoms with van der Waals surface area (Å²) in [7, 11) is 0. The Hall–Kier alpha value is -4.55. The molecule has 2 heterocycles. The van der Waals surface area contributed by atoms with Crippen molar-refractivity contribution in [3.8, 4) is 11.5 Å². The highest BCUT2D eigenvalue weighted by Gasteiger charge is 2.23. The van der Waals surface area contributed by atoms with Gasteiger partial charge in [-0.25, -0.2) is 4.79 Å². The number of aliphatic imine (C=N–C) groups is 2. The van der Waals surface area contributed by atoms with Crippen molar-refractivity contribution in [1.29, 1.82) is 0 Å². The van der Waals surface area contributed by atoms with E-state index in [9.17, 15) is 30.1 Å². The van der Waals surface area contributed by atoms with Gasteiger partial charge < -0.3 is 19.9 Å². The van der Waals surface area contributed by atoms with Crippen molar-refractivity contribution in [2.75, 3.05) is 6.54 Å². The number of carbonyl (C=O) groups excluding carboxylic acids is 1. The predicted molar refractivity (Wildman–Crippen MR) is 135 cm³/mol. The molecule has 2 aliphatic rings. The van der Waals surface area contributed by atoms with E-state index in [2.05, 4.69) is 15.3 Å². The van der Waals surface area contributed by atoms with Gasteiger partial charge in [0, 0.05) is 35.7 Å². The Morgan fingerprint density at radius 2 is 1.57 bits per heavy atom. The molecule has 1 amide bonds. The Labute approximate surface area is 212 Å². The normalized spacial score (nSPS) is 13.6. The number of fused-ring (bicyclic) bond motifs is 2. The Kier molecular flexibility index (Phi) is 8.05. The van der Waals surface area contributed by atoms with E-state index < -0.39 is 27.6 Å². The van der Waals surface area contributed by atoms with Crippen LogP contribution in [0.25, 0.3) is 0 Å². The van der Waals surface area contributed by atoms with Gasteiger partial charge >= 0.3 is 17.5 Å². The lowest BCUT2D eigenvalue weighted by atomic mass is 10.1. The lowest BCUT2D eigenvalue weighted by Gasteiger charge is -2.21. The minimum atomic E-state index is -0.609. The number of benzene rings is 2. The van der Waals surface area contributed by atoms with Gasteiger partial charge in [-0.2, -0.15) is 0 Å². The summed E-state index contributed by atoms with van der Waals surface area (Å²) in [5.41, 5.74) is 2.16. The summed E-state index contributed by atoms with van der Waals surface area (Å²) in [5, 5.41) is 33.5. The molecule has 2 aromatic rings. The average Bonchev–Trinajstić information content (AvgIpc) is 3.44. The van der Waals surface area contributed by atoms with Gasteiger partial charge in [-0.05, 0) is 51.0 Å². The molecule has 13 heteroatoms. The van der Waals surface area contributed by atoms with E-state index in [1.165, 1.54) is 18.2 Å². The Morgan fingerprint density at radius 1 is 1.03 bits per heavy atom. The van der Waals surface area contributed by atoms with Crippen molar-refractivity contribution >= 4 is 29.9 Å². The molecule has 0 saturated heterocycles. The topological polar surface area (TPSA) is 179 Å². The van der Waals surface area contributed by atoms with E-state index in [-0.39, 0.29) is 29.4 Å². The van der Waals surface area contributed by atoms with Crippen LogP contribution in [0.1, 0.15) is 49.9 Å². The molecular formula is C24H27N5O8. The first-order valence-corrected chi connectivity index (χ1v) is 11.3. The van der Waals surface area contributed by atoms with Gasteiger partial charge in [0.1, 0.15) is 11.7 Å². The molecule has 0 bridgehead atoms. The summed E-state index contributed by atoms with van der Waals surface area (Å²) < 4.78 is 10.8. The minimum absolute atomic E-state index is 0.119. The fourth-order valence-electron chi connectivity index (χ4n) is 3.44. The van der Waals surface area contributed by atoms with Gasteiger partial charge in [0.05, 0.1) is 29.5 Å². The van der Waals surface area contributed by atoms with Crippen molar-refractivity contribution in [2.45, 2.75) is 52.5 Å². The van der Waals surface area contributed by atoms with Gasteiger partial charge in [-0.3, -0.25) is 30.2 Å². The monoisotopic (exact) mass is 513 g/mol. The van der Waals surface area contributed by atoms with E-state index in [1.54, 1.807) is 46.2 Å². The molecule has 0 unspecified atom stereocenters. The van der Waals surface area contributed by atoms with Crippen LogP contribution >= 0.6 is 0 Å². The molecule has 37 heavy (non-hydrogen) atoms. The number of hydrogen-bond acceptors (Lipinski definition) is 10. The Bertz CT molecular complexity index is 1280. The minimum Gasteiger partial charge on any atom is -0.502 e. The van der Waals surface area contributed by atoms with Crippen LogP contribution in [0.3, 0.4) is 0 Å². The lowest BCUT2D eigenvalue weighted by Crippen LogP contribution is -2.37. The third kappa shape index (κ3) is 7.22. The number of alkyl carbamates (subject to hydrolysis) is 1. The maximum absolute atomic E-state index is 11.6. The molecule has 13 nitrogen and oxygen atoms in total. The number of phenolic OH excluding ortho intramolecular Hbond substituents is 1. The highest BCUT2D eigenvalue weighted by atomic mass is 16.6. The zero-order chi connectivity index (χ0) is 27.3. The maximum Gasteiger partial charge on any atom is 0.407 e. The largest absolute Gasteiger partial charge is 0.502 e. The standard InChI is InChI=1S/C16H21N3O5.C8H6N2O3/c1-10(7-18-15(20)24-16(2,3)4)23-14-6-12-9-17-8-11(12)5-13(14)19(21)22;11-8-2-6-4-9-3-5(6)1-7(8)10(12)13/h5-6,8,10H,7,9H2,1-4H3,(H,18,20);1-3,11H,4H2/t10-;/m0./s1. The second-order valence-corrected chi connectivity index (χ2v) is 9.32. The van der Waals surface area contributed by atoms with Crippen LogP contribution in [0, 0.1) is 20.2 Å². The number of nitro benzene ring substituents is 2. The van der Waals surface area contributed by atoms with Crippen molar-refractivity contribution in [3.63, 3.8) is 0 Å². The number of aromatic hydroxyl groups is 1. The SMILES string of the molecule is C[C@@H](CNC(=O)OC(C)(C)C)Oc1cc2c(cc1[N+](=O)[O-])C=NC2.O=[N+]([O-])c1cc2c(cc1O)CN=C2. The molecule has 2 aromatic carbocycles. The third-order valence-electron chi connectivity index (χ3n) is 5.10. The van der Waals surface area contributed by atoms with Crippen LogP contribution in [0.15, 0.2) is 34.3 Å². The summed E-state index contributed by atoms with van der Waals surface area (Å²) in [6.07, 6.45) is 2.16. The van der Waals surface area contributed by atoms with Crippen LogP contribution in [0.4, 0.5) is 16.2 Å². The molecular weight excluding hydrogens is 486 g/mol. The van der Waals surface area contributed by atoms with Crippen LogP contribution in [-0.2, 0) is 17.8 Å². The number of rotatable bonds is 6. The molecule has 0 fully saturated rings. The predicted octanol–water partition coefficient (Wildman–Crippen LogP) is 4.05. The van der Waals surface area contributed by atoms with Gasteiger partial charge in [-0.15, -0.1) is 0 Å². The molecule has 0 aliphatic carbocycles. The second-order valence-electron chi connectivity index (χ2n) is 9.32. The van der Waals surface area contributed by atoms with E-state index in [1.807, 2.05) is 0 Å². The average molecular weight is 514 g/mol. The van der Waals surface area contributed by atoms with Crippen LogP contribution in [0.5, 0.6) is 11.5 Å². The molecule has 0 spiro atoms. The Morgan fingerprint density at radius 3 is 2.11 bits per heavy atom. The van der Waals surface area contributed by atoms with Crippen LogP contribution in [-0.4, -0.2) is 51.7 Å². The number of nitrogens with one attached hydrogen (secondary N) is 1. The number of nitrogens with zero attached hydrogens (tertiary/aromatic N) is 4. The quantitative estimate of drug-likeness (QED) is 0.429. The number of nitro groups is 2. The van der Waals surface area contributed by atoms with Gasteiger partial charge in [-0.1, -0.05) is 0 Å². The number of amides is 1. The number of phenols is 1. The molecule has 1 atom stereocenters. The number of ether oxygens (including phenoxy) is 2. The van der Waals surface area contributed by atoms with E-state index in [0.29, 0.717) is 18.7 Å². The maximum atomic E-state index is 11.6. The first kappa shape index (κ1) is 27.0. The molecule has 2 N–H and O–H groups in total. The molecule has 4 rings (SSSR count). The molecule has 2 aliphatic heterocycles. The zero-order valence-electron chi connectivity index (χ0n) is 20.8. The van der Waals surface area contributed by atoms with Crippen molar-refractivity contribution in [3.05, 3.63) is 66.7 Å². The van der Waals surface area contributed by atoms with Crippen LogP contribution in [0.2, 0.25) is 0 Å². The van der Waals surface area contributed by atoms with E-state index in [4.69, 9.17) is 9.47 Å². The van der Waals surface area contributed by atoms with Crippen molar-refractivity contribution < 1.29 is 29.2 Å². The van der Waals surface area contributed by atoms with Gasteiger partial charge in [0.15, 0.2) is 11.5 Å². The Balaban J connectivity index is 0.000000244. The zero-order valence-corrected chi connectivity index (χ0v) is 20.8. The van der Waals surface area contributed by atoms with E-state index >= 15 is 0 Å². The van der Waals surface area contributed by atoms with Crippen molar-refractivity contribution in [1.82, 2.24) is 5.32 Å². The number of hydrogen-bond donors (Lipinski definition) is 2. The van der Waals surface area contributed by atoms with Gasteiger partial charge in [0.25, 0.3) is 0 Å². The summed E-state index contributed by atoms with van der Waals surface area (Å²) in [6, 6.07) is 5.81. The number of carbonyl (C=O) groups is 1. The third-order valence-corrected chi connectivity index (χ3v) is 5.10. The highest BCUT2D eigenvalue weighted by Crippen LogP contribution is 2.33. The fraction of sp³-hybridized carbons (Fsp3) is 0.375. The smallest absolute Gasteiger partial charge is 0.407 e. The lowest BCUT2D eigenvalue weighted by molar-refractivity contribution is -0.386. The van der Waals surface area contributed by atoms with E-state index in [0.717, 1.165) is 16.7 Å². The van der Waals surface area contributed by atoms with Crippen LogP contribution < -0.4 is 10.1 Å². The second kappa shape index (κ2) is 11.0. The summed E-state index contributed by atoms with van der Waals surface area (Å²) in [6.45, 7) is 8.15. The molecule has 0 saturated carbocycles. The summed E-state index contributed by atoms with van der Waals surface area (Å²) in [5.74, 6) is -0.128. The first-order chi connectivity index (χ1) is 17.3. The molecule has 0 radical (unpaired) electrons. The summed E-state index contributed by atoms with van der Waals surface area (Å²) in [4.78, 5) is 40.2. The van der Waals surface area contributed by atoms with Gasteiger partial charge in [0.2, 0.25) is 0 Å². The van der Waals surface area contributed by atoms with Crippen molar-refractivity contribution in [2.24, 2.45) is 9.98 Å². The fourth-order valence-corrected chi connectivity index (χ4v) is 3.44. The molecule has 0 aromatic heterocycles. The summed E-state index contributed by atoms with van der Waals surface area (Å²) >= 11 is 0. The highest BCUT2D eigenvalue weighted by molar-refractivity contribution is 5.87.